The van der Waals surface area contributed by atoms with Crippen molar-refractivity contribution in [3.05, 3.63) is 57.8 Å². The predicted molar refractivity (Wildman–Crippen MR) is 76.1 cm³/mol. The molecule has 0 radical (unpaired) electrons. The number of hydrogen-bond donors (Lipinski definition) is 0. The fourth-order valence-corrected chi connectivity index (χ4v) is 2.72. The van der Waals surface area contributed by atoms with Crippen LogP contribution in [-0.4, -0.2) is 24.3 Å². The number of rotatable bonds is 5. The van der Waals surface area contributed by atoms with Gasteiger partial charge in [0.05, 0.1) is 6.54 Å². The minimum absolute atomic E-state index is 0.101. The SMILES string of the molecule is CC(c1cccs1)N(C)CC(=O)c1ccc(F)c(F)c1. The van der Waals surface area contributed by atoms with Gasteiger partial charge in [-0.2, -0.15) is 0 Å². The summed E-state index contributed by atoms with van der Waals surface area (Å²) >= 11 is 1.62. The first-order valence-electron chi connectivity index (χ1n) is 6.21. The van der Waals surface area contributed by atoms with Crippen molar-refractivity contribution in [2.45, 2.75) is 13.0 Å². The highest BCUT2D eigenvalue weighted by molar-refractivity contribution is 7.10. The van der Waals surface area contributed by atoms with E-state index in [9.17, 15) is 13.6 Å². The second-order valence-electron chi connectivity index (χ2n) is 4.66. The van der Waals surface area contributed by atoms with Crippen molar-refractivity contribution in [3.63, 3.8) is 0 Å². The number of nitrogens with zero attached hydrogens (tertiary/aromatic N) is 1. The zero-order chi connectivity index (χ0) is 14.7. The largest absolute Gasteiger partial charge is 0.293 e. The van der Waals surface area contributed by atoms with Crippen molar-refractivity contribution in [3.8, 4) is 0 Å². The summed E-state index contributed by atoms with van der Waals surface area (Å²) in [6, 6.07) is 7.30. The van der Waals surface area contributed by atoms with Gasteiger partial charge >= 0.3 is 0 Å². The average molecular weight is 295 g/mol. The van der Waals surface area contributed by atoms with Crippen LogP contribution in [0.15, 0.2) is 35.7 Å². The summed E-state index contributed by atoms with van der Waals surface area (Å²) in [5.41, 5.74) is 0.189. The Labute approximate surface area is 120 Å². The van der Waals surface area contributed by atoms with E-state index in [2.05, 4.69) is 0 Å². The number of halogens is 2. The van der Waals surface area contributed by atoms with E-state index in [0.717, 1.165) is 17.0 Å². The maximum absolute atomic E-state index is 13.1. The molecular formula is C15H15F2NOS. The number of thiophene rings is 1. The third-order valence-electron chi connectivity index (χ3n) is 3.25. The molecule has 0 saturated carbocycles. The predicted octanol–water partition coefficient (Wildman–Crippen LogP) is 3.90. The number of carbonyl (C=O) groups excluding carboxylic acids is 1. The highest BCUT2D eigenvalue weighted by Gasteiger charge is 2.17. The minimum atomic E-state index is -0.996. The summed E-state index contributed by atoms with van der Waals surface area (Å²) in [7, 11) is 1.84. The van der Waals surface area contributed by atoms with Crippen molar-refractivity contribution in [2.24, 2.45) is 0 Å². The fraction of sp³-hybridized carbons (Fsp3) is 0.267. The van der Waals surface area contributed by atoms with Crippen LogP contribution in [0.2, 0.25) is 0 Å². The van der Waals surface area contributed by atoms with E-state index in [0.29, 0.717) is 0 Å². The van der Waals surface area contributed by atoms with Crippen LogP contribution in [-0.2, 0) is 0 Å². The van der Waals surface area contributed by atoms with Gasteiger partial charge in [0.25, 0.3) is 0 Å². The summed E-state index contributed by atoms with van der Waals surface area (Å²) < 4.78 is 26.0. The van der Waals surface area contributed by atoms with Crippen molar-refractivity contribution >= 4 is 17.1 Å². The van der Waals surface area contributed by atoms with Gasteiger partial charge in [-0.25, -0.2) is 8.78 Å². The summed E-state index contributed by atoms with van der Waals surface area (Å²) in [5, 5.41) is 1.98. The molecule has 1 unspecified atom stereocenters. The van der Waals surface area contributed by atoms with Crippen LogP contribution in [0.1, 0.15) is 28.2 Å². The molecule has 1 atom stereocenters. The molecule has 0 aliphatic rings. The van der Waals surface area contributed by atoms with Crippen LogP contribution in [0.3, 0.4) is 0 Å². The first-order valence-corrected chi connectivity index (χ1v) is 7.09. The van der Waals surface area contributed by atoms with E-state index in [1.807, 2.05) is 36.4 Å². The highest BCUT2D eigenvalue weighted by Crippen LogP contribution is 2.23. The zero-order valence-corrected chi connectivity index (χ0v) is 12.1. The van der Waals surface area contributed by atoms with Gasteiger partial charge in [0.15, 0.2) is 17.4 Å². The molecular weight excluding hydrogens is 280 g/mol. The first kappa shape index (κ1) is 14.8. The number of ketones is 1. The van der Waals surface area contributed by atoms with Gasteiger partial charge in [0.1, 0.15) is 0 Å². The Kier molecular flexibility index (Phi) is 4.62. The molecule has 0 aliphatic heterocycles. The van der Waals surface area contributed by atoms with E-state index in [-0.39, 0.29) is 23.9 Å². The Balaban J connectivity index is 2.05. The van der Waals surface area contributed by atoms with Crippen LogP contribution in [0.25, 0.3) is 0 Å². The second kappa shape index (κ2) is 6.24. The third-order valence-corrected chi connectivity index (χ3v) is 4.29. The van der Waals surface area contributed by atoms with E-state index in [1.54, 1.807) is 11.3 Å². The van der Waals surface area contributed by atoms with Crippen LogP contribution in [0.5, 0.6) is 0 Å². The molecule has 5 heteroatoms. The third kappa shape index (κ3) is 3.29. The molecule has 0 amide bonds. The second-order valence-corrected chi connectivity index (χ2v) is 5.64. The van der Waals surface area contributed by atoms with Gasteiger partial charge in [0.2, 0.25) is 0 Å². The Morgan fingerprint density at radius 2 is 2.05 bits per heavy atom. The van der Waals surface area contributed by atoms with Gasteiger partial charge in [-0.1, -0.05) is 6.07 Å². The monoisotopic (exact) mass is 295 g/mol. The standard InChI is InChI=1S/C15H15F2NOS/c1-10(15-4-3-7-20-15)18(2)9-14(19)11-5-6-12(16)13(17)8-11/h3-8,10H,9H2,1-2H3. The summed E-state index contributed by atoms with van der Waals surface area (Å²) in [6.07, 6.45) is 0. The average Bonchev–Trinajstić information content (AvgIpc) is 2.94. The molecule has 0 N–H and O–H groups in total. The number of benzene rings is 1. The Morgan fingerprint density at radius 1 is 1.30 bits per heavy atom. The minimum Gasteiger partial charge on any atom is -0.293 e. The van der Waals surface area contributed by atoms with Crippen molar-refractivity contribution < 1.29 is 13.6 Å². The Bertz CT molecular complexity index is 598. The Hall–Kier alpha value is -1.59. The topological polar surface area (TPSA) is 20.3 Å². The number of Topliss-reactive ketones (excluding diaryl/α,β-unsaturated/α-hetero) is 1. The lowest BCUT2D eigenvalue weighted by atomic mass is 10.1. The molecule has 106 valence electrons. The highest BCUT2D eigenvalue weighted by atomic mass is 32.1. The number of likely N-dealkylation sites (N-methyl/N-ethyl adjacent to an activating group) is 1. The van der Waals surface area contributed by atoms with Gasteiger partial charge < -0.3 is 0 Å². The van der Waals surface area contributed by atoms with E-state index < -0.39 is 11.6 Å². The zero-order valence-electron chi connectivity index (χ0n) is 11.3. The summed E-state index contributed by atoms with van der Waals surface area (Å²) in [5.74, 6) is -2.17. The van der Waals surface area contributed by atoms with Gasteiger partial charge in [-0.3, -0.25) is 9.69 Å². The van der Waals surface area contributed by atoms with Gasteiger partial charge in [-0.15, -0.1) is 11.3 Å². The number of hydrogen-bond acceptors (Lipinski definition) is 3. The Morgan fingerprint density at radius 3 is 2.65 bits per heavy atom. The smallest absolute Gasteiger partial charge is 0.176 e. The van der Waals surface area contributed by atoms with Crippen LogP contribution in [0.4, 0.5) is 8.78 Å². The lowest BCUT2D eigenvalue weighted by Crippen LogP contribution is -2.28. The maximum atomic E-state index is 13.1. The quantitative estimate of drug-likeness (QED) is 0.780. The summed E-state index contributed by atoms with van der Waals surface area (Å²) in [4.78, 5) is 15.1. The molecule has 0 fully saturated rings. The number of carbonyl (C=O) groups is 1. The lowest BCUT2D eigenvalue weighted by Gasteiger charge is -2.22. The van der Waals surface area contributed by atoms with Crippen molar-refractivity contribution in [1.29, 1.82) is 0 Å². The van der Waals surface area contributed by atoms with Crippen molar-refractivity contribution in [1.82, 2.24) is 4.90 Å². The first-order chi connectivity index (χ1) is 9.49. The molecule has 2 nitrogen and oxygen atoms in total. The van der Waals surface area contributed by atoms with E-state index in [1.165, 1.54) is 6.07 Å². The van der Waals surface area contributed by atoms with E-state index in [4.69, 9.17) is 0 Å². The molecule has 0 aliphatic carbocycles. The van der Waals surface area contributed by atoms with Crippen LogP contribution >= 0.6 is 11.3 Å². The molecule has 2 rings (SSSR count). The molecule has 0 bridgehead atoms. The lowest BCUT2D eigenvalue weighted by molar-refractivity contribution is 0.0925. The van der Waals surface area contributed by atoms with Gasteiger partial charge in [0, 0.05) is 16.5 Å². The molecule has 2 aromatic rings. The molecule has 0 spiro atoms. The molecule has 1 heterocycles. The van der Waals surface area contributed by atoms with Crippen molar-refractivity contribution in [2.75, 3.05) is 13.6 Å². The van der Waals surface area contributed by atoms with Crippen LogP contribution in [0, 0.1) is 11.6 Å². The van der Waals surface area contributed by atoms with E-state index >= 15 is 0 Å². The van der Waals surface area contributed by atoms with Gasteiger partial charge in [-0.05, 0) is 43.6 Å². The molecule has 0 saturated heterocycles. The van der Waals surface area contributed by atoms with Crippen LogP contribution < -0.4 is 0 Å². The fourth-order valence-electron chi connectivity index (χ4n) is 1.87. The molecule has 1 aromatic heterocycles. The summed E-state index contributed by atoms with van der Waals surface area (Å²) in [6.45, 7) is 2.16. The maximum Gasteiger partial charge on any atom is 0.176 e. The molecule has 20 heavy (non-hydrogen) atoms. The normalized spacial score (nSPS) is 12.7. The molecule has 1 aromatic carbocycles.